The number of ether oxygens (including phenoxy) is 1. The van der Waals surface area contributed by atoms with Gasteiger partial charge in [0.25, 0.3) is 12.9 Å². The maximum Gasteiger partial charge on any atom is 0.420 e. The summed E-state index contributed by atoms with van der Waals surface area (Å²) in [5.41, 5.74) is 1.85. The van der Waals surface area contributed by atoms with Crippen LogP contribution in [0.5, 0.6) is 0 Å². The average Bonchev–Trinajstić information content (AvgIpc) is 4.17. The van der Waals surface area contributed by atoms with Gasteiger partial charge in [0.2, 0.25) is 11.7 Å². The van der Waals surface area contributed by atoms with Crippen molar-refractivity contribution in [2.45, 2.75) is 63.7 Å². The van der Waals surface area contributed by atoms with Gasteiger partial charge in [-0.2, -0.15) is 5.10 Å². The van der Waals surface area contributed by atoms with E-state index < -0.39 is 48.9 Å². The molecule has 17 nitrogen and oxygen atoms in total. The number of carbonyl (C=O) groups excluding carboxylic acids is 2. The van der Waals surface area contributed by atoms with Crippen LogP contribution in [0.2, 0.25) is 5.02 Å². The third-order valence-corrected chi connectivity index (χ3v) is 12.1. The van der Waals surface area contributed by atoms with Crippen LogP contribution in [0.1, 0.15) is 95.3 Å². The summed E-state index contributed by atoms with van der Waals surface area (Å²) in [5, 5.41) is 27.0. The highest BCUT2D eigenvalue weighted by Crippen LogP contribution is 2.42. The molecule has 6 aromatic rings. The second-order valence-electron chi connectivity index (χ2n) is 15.1. The maximum absolute atomic E-state index is 14.0. The monoisotopic (exact) mass is 958 g/mol. The summed E-state index contributed by atoms with van der Waals surface area (Å²) in [6.45, 7) is -0.124. The number of pyridine rings is 1. The molecule has 1 atom stereocenters. The van der Waals surface area contributed by atoms with Gasteiger partial charge < -0.3 is 19.3 Å². The van der Waals surface area contributed by atoms with Crippen molar-refractivity contribution in [1.29, 1.82) is 0 Å². The number of amides is 2. The first-order valence-electron chi connectivity index (χ1n) is 20.7. The number of terminal acetylenes is 1. The summed E-state index contributed by atoms with van der Waals surface area (Å²) >= 11 is 8.33. The average molecular weight is 959 g/mol. The number of piperidine rings is 1. The second kappa shape index (κ2) is 20.9. The number of oxime groups is 2. The Labute approximate surface area is 389 Å². The van der Waals surface area contributed by atoms with E-state index in [1.165, 1.54) is 25.8 Å². The highest BCUT2D eigenvalue weighted by Gasteiger charge is 2.35. The van der Waals surface area contributed by atoms with Crippen LogP contribution in [-0.4, -0.2) is 88.0 Å². The van der Waals surface area contributed by atoms with Crippen molar-refractivity contribution in [3.8, 4) is 12.3 Å². The van der Waals surface area contributed by atoms with Crippen molar-refractivity contribution >= 4 is 57.9 Å². The Bertz CT molecular complexity index is 2830. The Kier molecular flexibility index (Phi) is 14.5. The van der Waals surface area contributed by atoms with E-state index >= 15 is 0 Å². The predicted octanol–water partition coefficient (Wildman–Crippen LogP) is 8.33. The van der Waals surface area contributed by atoms with Gasteiger partial charge in [-0.1, -0.05) is 64.4 Å². The number of rotatable bonds is 16. The smallest absolute Gasteiger partial charge is 0.420 e. The number of carbonyl (C=O) groups is 2. The van der Waals surface area contributed by atoms with Crippen molar-refractivity contribution in [3.05, 3.63) is 128 Å². The van der Waals surface area contributed by atoms with Crippen molar-refractivity contribution < 1.29 is 41.6 Å². The number of nitrogens with zero attached hydrogens (tertiary/aromatic N) is 12. The van der Waals surface area contributed by atoms with E-state index in [9.17, 15) is 27.2 Å². The van der Waals surface area contributed by atoms with Crippen LogP contribution in [0.25, 0.3) is 0 Å². The predicted molar refractivity (Wildman–Crippen MR) is 236 cm³/mol. The molecule has 0 bridgehead atoms. The number of aryl methyl sites for hydroxylation is 1. The standard InChI is InChI=1S/C44H39ClF4N12O5S/c1-3-4-20-64-44(63)61(36-15-8-12-28(50-36)24-65-55-39(26-10-6-5-7-11-26)42-52-56-57-58(42)2)33-14-9-13-29(45)38(33)35-22-30(54-66-35)32-25-67-43(51-32)27-16-18-59(19-17-27)37(62)23-60-34(41(48)49)21-31(53-60)40(46)47/h1,5-15,21,25,27,35,40-41H,4,16-20,22-24H2,2H3/b55-39-. The van der Waals surface area contributed by atoms with E-state index in [1.54, 1.807) is 43.4 Å². The molecule has 0 aliphatic carbocycles. The number of likely N-dealkylation sites (tertiary alicyclic amines) is 1. The van der Waals surface area contributed by atoms with Gasteiger partial charge in [-0.15, -0.1) is 28.8 Å². The number of anilines is 2. The summed E-state index contributed by atoms with van der Waals surface area (Å²) in [7, 11) is 1.68. The van der Waals surface area contributed by atoms with E-state index in [0.29, 0.717) is 76.6 Å². The van der Waals surface area contributed by atoms with Crippen LogP contribution in [0.3, 0.4) is 0 Å². The highest BCUT2D eigenvalue weighted by molar-refractivity contribution is 7.10. The van der Waals surface area contributed by atoms with Crippen LogP contribution in [0.15, 0.2) is 88.5 Å². The lowest BCUT2D eigenvalue weighted by atomic mass is 9.97. The SMILES string of the molecule is C#CCCOC(=O)N(c1cccc(CO/N=C(/c2ccccc2)c2nnnn2C)n1)c1cccc(Cl)c1C1CC(c2csc(C3CCN(C(=O)Cn4nc(C(F)F)cc4C(F)F)CC3)n2)=NO1. The van der Waals surface area contributed by atoms with Crippen LogP contribution < -0.4 is 4.90 Å². The third-order valence-electron chi connectivity index (χ3n) is 10.8. The molecule has 67 heavy (non-hydrogen) atoms. The van der Waals surface area contributed by atoms with Gasteiger partial charge in [-0.25, -0.2) is 41.9 Å². The maximum atomic E-state index is 14.0. The highest BCUT2D eigenvalue weighted by atomic mass is 35.5. The fraction of sp³-hybridized carbons (Fsp3) is 0.318. The first-order valence-corrected chi connectivity index (χ1v) is 22.0. The number of aromatic nitrogens is 8. The minimum absolute atomic E-state index is 0.0147. The number of benzene rings is 2. The fourth-order valence-electron chi connectivity index (χ4n) is 7.46. The van der Waals surface area contributed by atoms with E-state index in [0.717, 1.165) is 10.6 Å². The lowest BCUT2D eigenvalue weighted by Crippen LogP contribution is -2.40. The first kappa shape index (κ1) is 46.3. The van der Waals surface area contributed by atoms with Crippen LogP contribution in [0.4, 0.5) is 33.9 Å². The Morgan fingerprint density at radius 2 is 1.84 bits per heavy atom. The van der Waals surface area contributed by atoms with Gasteiger partial charge in [0, 0.05) is 60.4 Å². The van der Waals surface area contributed by atoms with Gasteiger partial charge in [-0.3, -0.25) is 9.48 Å². The normalized spacial score (nSPS) is 15.4. The summed E-state index contributed by atoms with van der Waals surface area (Å²) in [6, 6.07) is 20.0. The van der Waals surface area contributed by atoms with Gasteiger partial charge in [0.15, 0.2) is 18.4 Å². The molecular formula is C44H39ClF4N12O5S. The molecule has 8 rings (SSSR count). The van der Waals surface area contributed by atoms with Crippen LogP contribution in [0, 0.1) is 12.3 Å². The number of thiazole rings is 1. The second-order valence-corrected chi connectivity index (χ2v) is 16.4. The van der Waals surface area contributed by atoms with Crippen LogP contribution in [-0.2, 0) is 39.4 Å². The Morgan fingerprint density at radius 1 is 1.04 bits per heavy atom. The molecule has 2 aliphatic rings. The summed E-state index contributed by atoms with van der Waals surface area (Å²) in [4.78, 5) is 51.2. The zero-order valence-corrected chi connectivity index (χ0v) is 37.0. The molecule has 1 fully saturated rings. The van der Waals surface area contributed by atoms with E-state index in [2.05, 4.69) is 36.9 Å². The molecule has 0 radical (unpaired) electrons. The molecule has 0 spiro atoms. The molecule has 4 aromatic heterocycles. The van der Waals surface area contributed by atoms with Crippen LogP contribution >= 0.6 is 22.9 Å². The van der Waals surface area contributed by atoms with Crippen molar-refractivity contribution in [2.75, 3.05) is 24.6 Å². The molecule has 23 heteroatoms. The molecule has 1 unspecified atom stereocenters. The zero-order chi connectivity index (χ0) is 47.0. The number of hydrogen-bond acceptors (Lipinski definition) is 14. The molecule has 6 heterocycles. The molecule has 2 amide bonds. The molecule has 346 valence electrons. The largest absolute Gasteiger partial charge is 0.448 e. The lowest BCUT2D eigenvalue weighted by Gasteiger charge is -2.31. The minimum atomic E-state index is -3.07. The van der Waals surface area contributed by atoms with Gasteiger partial charge >= 0.3 is 6.09 Å². The first-order chi connectivity index (χ1) is 32.5. The Morgan fingerprint density at radius 3 is 2.57 bits per heavy atom. The molecule has 0 N–H and O–H groups in total. The van der Waals surface area contributed by atoms with Gasteiger partial charge in [0.05, 0.1) is 22.1 Å². The Balaban J connectivity index is 0.962. The Hall–Kier alpha value is -7.25. The lowest BCUT2D eigenvalue weighted by molar-refractivity contribution is -0.133. The number of hydrogen-bond donors (Lipinski definition) is 0. The van der Waals surface area contributed by atoms with E-state index in [-0.39, 0.29) is 42.8 Å². The molecule has 2 aliphatic heterocycles. The van der Waals surface area contributed by atoms with Crippen molar-refractivity contribution in [2.24, 2.45) is 17.4 Å². The summed E-state index contributed by atoms with van der Waals surface area (Å²) < 4.78 is 61.1. The molecular weight excluding hydrogens is 920 g/mol. The summed E-state index contributed by atoms with van der Waals surface area (Å²) in [6.07, 6.45) is -0.717. The number of halogens is 5. The zero-order valence-electron chi connectivity index (χ0n) is 35.5. The van der Waals surface area contributed by atoms with Gasteiger partial charge in [-0.05, 0) is 53.6 Å². The summed E-state index contributed by atoms with van der Waals surface area (Å²) in [5.74, 6) is 2.50. The topological polar surface area (TPSA) is 180 Å². The fourth-order valence-corrected chi connectivity index (χ4v) is 8.75. The van der Waals surface area contributed by atoms with Crippen molar-refractivity contribution in [3.63, 3.8) is 0 Å². The molecule has 0 saturated carbocycles. The minimum Gasteiger partial charge on any atom is -0.448 e. The number of tetrazole rings is 1. The van der Waals surface area contributed by atoms with E-state index in [4.69, 9.17) is 42.4 Å². The van der Waals surface area contributed by atoms with Crippen molar-refractivity contribution in [1.82, 2.24) is 44.9 Å². The third kappa shape index (κ3) is 10.6. The number of alkyl halides is 4. The molecule has 2 aromatic carbocycles. The van der Waals surface area contributed by atoms with Gasteiger partial charge in [0.1, 0.15) is 36.1 Å². The van der Waals surface area contributed by atoms with E-state index in [1.807, 2.05) is 35.7 Å². The molecule has 1 saturated heterocycles. The quantitative estimate of drug-likeness (QED) is 0.0299.